The predicted octanol–water partition coefficient (Wildman–Crippen LogP) is 0.0957. The fourth-order valence-electron chi connectivity index (χ4n) is 1.49. The lowest BCUT2D eigenvalue weighted by atomic mass is 10.1. The Morgan fingerprint density at radius 1 is 1.47 bits per heavy atom. The maximum Gasteiger partial charge on any atom is 0.310 e. The molecule has 1 aliphatic carbocycles. The summed E-state index contributed by atoms with van der Waals surface area (Å²) >= 11 is 0. The van der Waals surface area contributed by atoms with Gasteiger partial charge in [-0.15, -0.1) is 0 Å². The second-order valence-electron chi connectivity index (χ2n) is 4.54. The first-order valence-corrected chi connectivity index (χ1v) is 6.96. The molecule has 0 aromatic heterocycles. The van der Waals surface area contributed by atoms with Crippen LogP contribution in [-0.4, -0.2) is 32.1 Å². The van der Waals surface area contributed by atoms with Gasteiger partial charge in [0.15, 0.2) is 0 Å². The van der Waals surface area contributed by atoms with Crippen LogP contribution in [0.3, 0.4) is 0 Å². The van der Waals surface area contributed by atoms with Gasteiger partial charge in [-0.1, -0.05) is 26.0 Å². The molecule has 0 aromatic rings. The monoisotopic (exact) mass is 262 g/mol. The van der Waals surface area contributed by atoms with Gasteiger partial charge in [0.1, 0.15) is 0 Å². The van der Waals surface area contributed by atoms with Crippen LogP contribution in [0.25, 0.3) is 0 Å². The fourth-order valence-corrected chi connectivity index (χ4v) is 2.70. The molecule has 3 N–H and O–H groups in total. The summed E-state index contributed by atoms with van der Waals surface area (Å²) in [6, 6.07) is -0.444. The Labute approximate surface area is 101 Å². The molecular formula is C10H18N2O4S. The summed E-state index contributed by atoms with van der Waals surface area (Å²) in [6.07, 6.45) is 3.35. The molecule has 1 rings (SSSR count). The zero-order chi connectivity index (χ0) is 13.1. The van der Waals surface area contributed by atoms with Crippen LogP contribution in [0.1, 0.15) is 20.3 Å². The second kappa shape index (κ2) is 5.61. The van der Waals surface area contributed by atoms with Crippen LogP contribution < -0.4 is 9.44 Å². The molecule has 0 saturated carbocycles. The van der Waals surface area contributed by atoms with Gasteiger partial charge >= 0.3 is 5.97 Å². The zero-order valence-corrected chi connectivity index (χ0v) is 10.7. The van der Waals surface area contributed by atoms with Crippen molar-refractivity contribution in [3.8, 4) is 0 Å². The maximum absolute atomic E-state index is 11.6. The Balaban J connectivity index is 2.45. The highest BCUT2D eigenvalue weighted by atomic mass is 32.2. The van der Waals surface area contributed by atoms with Gasteiger partial charge in [0.2, 0.25) is 0 Å². The van der Waals surface area contributed by atoms with Crippen molar-refractivity contribution in [2.75, 3.05) is 6.54 Å². The molecule has 2 unspecified atom stereocenters. The molecule has 0 amide bonds. The van der Waals surface area contributed by atoms with E-state index in [0.717, 1.165) is 0 Å². The van der Waals surface area contributed by atoms with Crippen molar-refractivity contribution >= 4 is 16.2 Å². The van der Waals surface area contributed by atoms with Crippen molar-refractivity contribution in [1.82, 2.24) is 9.44 Å². The quantitative estimate of drug-likeness (QED) is 0.591. The highest BCUT2D eigenvalue weighted by molar-refractivity contribution is 7.87. The maximum atomic E-state index is 11.6. The number of aliphatic carboxylic acids is 1. The molecule has 0 spiro atoms. The van der Waals surface area contributed by atoms with Gasteiger partial charge in [-0.05, 0) is 12.3 Å². The molecule has 0 saturated heterocycles. The third-order valence-electron chi connectivity index (χ3n) is 2.39. The second-order valence-corrected chi connectivity index (χ2v) is 6.07. The Morgan fingerprint density at radius 3 is 2.59 bits per heavy atom. The molecule has 17 heavy (non-hydrogen) atoms. The molecule has 0 aromatic carbocycles. The van der Waals surface area contributed by atoms with Crippen molar-refractivity contribution in [2.45, 2.75) is 26.3 Å². The Kier molecular flexibility index (Phi) is 4.67. The summed E-state index contributed by atoms with van der Waals surface area (Å²) in [5, 5.41) is 8.76. The Bertz CT molecular complexity index is 403. The van der Waals surface area contributed by atoms with E-state index in [0.29, 0.717) is 6.54 Å². The summed E-state index contributed by atoms with van der Waals surface area (Å²) < 4.78 is 27.9. The third kappa shape index (κ3) is 4.84. The normalized spacial score (nSPS) is 24.4. The van der Waals surface area contributed by atoms with Crippen LogP contribution in [0.4, 0.5) is 0 Å². The van der Waals surface area contributed by atoms with Crippen LogP contribution in [0.15, 0.2) is 12.2 Å². The minimum Gasteiger partial charge on any atom is -0.481 e. The van der Waals surface area contributed by atoms with Gasteiger partial charge in [0, 0.05) is 12.6 Å². The summed E-state index contributed by atoms with van der Waals surface area (Å²) in [5.41, 5.74) is 0. The number of hydrogen-bond acceptors (Lipinski definition) is 3. The van der Waals surface area contributed by atoms with E-state index in [1.54, 1.807) is 6.08 Å². The number of carbonyl (C=O) groups is 1. The highest BCUT2D eigenvalue weighted by Gasteiger charge is 2.27. The van der Waals surface area contributed by atoms with Crippen LogP contribution in [-0.2, 0) is 15.0 Å². The van der Waals surface area contributed by atoms with Crippen molar-refractivity contribution in [3.05, 3.63) is 12.2 Å². The number of nitrogens with one attached hydrogen (secondary N) is 2. The number of carboxylic acids is 1. The summed E-state index contributed by atoms with van der Waals surface area (Å²) in [7, 11) is -3.55. The van der Waals surface area contributed by atoms with Gasteiger partial charge in [0.05, 0.1) is 5.92 Å². The van der Waals surface area contributed by atoms with E-state index in [2.05, 4.69) is 9.44 Å². The van der Waals surface area contributed by atoms with Crippen molar-refractivity contribution in [1.29, 1.82) is 0 Å². The molecule has 0 fully saturated rings. The van der Waals surface area contributed by atoms with Gasteiger partial charge in [-0.3, -0.25) is 4.79 Å². The molecular weight excluding hydrogens is 244 g/mol. The Morgan fingerprint density at radius 2 is 2.12 bits per heavy atom. The van der Waals surface area contributed by atoms with Gasteiger partial charge in [-0.2, -0.15) is 13.1 Å². The lowest BCUT2D eigenvalue weighted by Crippen LogP contribution is -2.42. The fraction of sp³-hybridized carbons (Fsp3) is 0.700. The minimum atomic E-state index is -3.55. The van der Waals surface area contributed by atoms with Crippen LogP contribution in [0, 0.1) is 11.8 Å². The molecule has 0 aliphatic heterocycles. The van der Waals surface area contributed by atoms with Crippen LogP contribution in [0.5, 0.6) is 0 Å². The number of hydrogen-bond donors (Lipinski definition) is 3. The number of rotatable bonds is 6. The van der Waals surface area contributed by atoms with Gasteiger partial charge < -0.3 is 5.11 Å². The largest absolute Gasteiger partial charge is 0.481 e. The summed E-state index contributed by atoms with van der Waals surface area (Å²) in [5.74, 6) is -1.32. The van der Waals surface area contributed by atoms with E-state index in [-0.39, 0.29) is 12.3 Å². The van der Waals surface area contributed by atoms with Gasteiger partial charge in [0.25, 0.3) is 10.2 Å². The first kappa shape index (κ1) is 14.1. The predicted molar refractivity (Wildman–Crippen MR) is 63.6 cm³/mol. The SMILES string of the molecule is CC(C)CNS(=O)(=O)NC1C=CC(C(=O)O)C1. The van der Waals surface area contributed by atoms with Crippen molar-refractivity contribution < 1.29 is 18.3 Å². The molecule has 0 heterocycles. The molecule has 7 heteroatoms. The average Bonchev–Trinajstić information content (AvgIpc) is 2.63. The van der Waals surface area contributed by atoms with E-state index >= 15 is 0 Å². The molecule has 2 atom stereocenters. The lowest BCUT2D eigenvalue weighted by Gasteiger charge is -2.14. The summed E-state index contributed by atoms with van der Waals surface area (Å²) in [4.78, 5) is 10.7. The van der Waals surface area contributed by atoms with E-state index < -0.39 is 28.1 Å². The standard InChI is InChI=1S/C10H18N2O4S/c1-7(2)6-11-17(15,16)12-9-4-3-8(5-9)10(13)14/h3-4,7-9,11-12H,5-6H2,1-2H3,(H,13,14). The first-order valence-electron chi connectivity index (χ1n) is 5.48. The first-order chi connectivity index (χ1) is 7.80. The third-order valence-corrected chi connectivity index (χ3v) is 3.55. The van der Waals surface area contributed by atoms with E-state index in [1.165, 1.54) is 6.08 Å². The van der Waals surface area contributed by atoms with E-state index in [9.17, 15) is 13.2 Å². The molecule has 98 valence electrons. The van der Waals surface area contributed by atoms with Gasteiger partial charge in [-0.25, -0.2) is 4.72 Å². The average molecular weight is 262 g/mol. The van der Waals surface area contributed by atoms with E-state index in [1.807, 2.05) is 13.8 Å². The Hall–Kier alpha value is -0.920. The van der Waals surface area contributed by atoms with Crippen LogP contribution in [0.2, 0.25) is 0 Å². The van der Waals surface area contributed by atoms with Crippen molar-refractivity contribution in [2.24, 2.45) is 11.8 Å². The zero-order valence-electron chi connectivity index (χ0n) is 9.88. The molecule has 0 radical (unpaired) electrons. The smallest absolute Gasteiger partial charge is 0.310 e. The number of carboxylic acid groups (broad SMARTS) is 1. The summed E-state index contributed by atoms with van der Waals surface area (Å²) in [6.45, 7) is 4.16. The van der Waals surface area contributed by atoms with E-state index in [4.69, 9.17) is 5.11 Å². The molecule has 0 bridgehead atoms. The molecule has 1 aliphatic rings. The topological polar surface area (TPSA) is 95.5 Å². The minimum absolute atomic E-state index is 0.220. The molecule has 6 nitrogen and oxygen atoms in total. The van der Waals surface area contributed by atoms with Crippen LogP contribution >= 0.6 is 0 Å². The highest BCUT2D eigenvalue weighted by Crippen LogP contribution is 2.18. The lowest BCUT2D eigenvalue weighted by molar-refractivity contribution is -0.140. The van der Waals surface area contributed by atoms with Crippen molar-refractivity contribution in [3.63, 3.8) is 0 Å².